The molecule has 0 aliphatic carbocycles. The van der Waals surface area contributed by atoms with Crippen molar-refractivity contribution in [3.8, 4) is 0 Å². The molecule has 2 N–H and O–H groups in total. The molecule has 110 valence electrons. The average Bonchev–Trinajstić information content (AvgIpc) is 2.47. The van der Waals surface area contributed by atoms with E-state index in [1.807, 2.05) is 50.4 Å². The lowest BCUT2D eigenvalue weighted by atomic mass is 10.2. The molecular formula is C17H20FN2O+. The standard InChI is InChI=1S/C17H19FN2O/c1-13(17(21)19-16-9-4-3-5-10-16)20(2)12-14-7-6-8-15(18)11-14/h3-11,13H,12H2,1-2H3,(H,19,21)/p+1/t13-/m0/s1. The van der Waals surface area contributed by atoms with Crippen LogP contribution in [0.3, 0.4) is 0 Å². The molecule has 2 rings (SSSR count). The van der Waals surface area contributed by atoms with Gasteiger partial charge in [0.1, 0.15) is 12.4 Å². The minimum Gasteiger partial charge on any atom is -0.324 e. The maximum atomic E-state index is 13.2. The van der Waals surface area contributed by atoms with Crippen LogP contribution in [0.15, 0.2) is 54.6 Å². The van der Waals surface area contributed by atoms with Gasteiger partial charge in [-0.25, -0.2) is 4.39 Å². The Morgan fingerprint density at radius 1 is 1.19 bits per heavy atom. The van der Waals surface area contributed by atoms with Crippen LogP contribution in [0.5, 0.6) is 0 Å². The summed E-state index contributed by atoms with van der Waals surface area (Å²) in [4.78, 5) is 13.2. The number of hydrogen-bond acceptors (Lipinski definition) is 1. The lowest BCUT2D eigenvalue weighted by Crippen LogP contribution is -3.12. The van der Waals surface area contributed by atoms with Crippen LogP contribution < -0.4 is 10.2 Å². The van der Waals surface area contributed by atoms with Gasteiger partial charge < -0.3 is 10.2 Å². The number of anilines is 1. The zero-order valence-electron chi connectivity index (χ0n) is 12.3. The van der Waals surface area contributed by atoms with Crippen molar-refractivity contribution in [1.82, 2.24) is 0 Å². The smallest absolute Gasteiger partial charge is 0.282 e. The second-order valence-electron chi connectivity index (χ2n) is 5.23. The van der Waals surface area contributed by atoms with Crippen molar-refractivity contribution in [2.45, 2.75) is 19.5 Å². The van der Waals surface area contributed by atoms with Crippen molar-refractivity contribution in [1.29, 1.82) is 0 Å². The van der Waals surface area contributed by atoms with Gasteiger partial charge in [0.15, 0.2) is 6.04 Å². The fraction of sp³-hybridized carbons (Fsp3) is 0.235. The highest BCUT2D eigenvalue weighted by atomic mass is 19.1. The fourth-order valence-electron chi connectivity index (χ4n) is 2.12. The molecule has 2 aromatic rings. The molecule has 2 aromatic carbocycles. The Morgan fingerprint density at radius 2 is 1.90 bits per heavy atom. The summed E-state index contributed by atoms with van der Waals surface area (Å²) in [6.07, 6.45) is 0. The van der Waals surface area contributed by atoms with Gasteiger partial charge in [0.25, 0.3) is 5.91 Å². The van der Waals surface area contributed by atoms with Crippen LogP contribution in [0.4, 0.5) is 10.1 Å². The Balaban J connectivity index is 1.95. The quantitative estimate of drug-likeness (QED) is 0.865. The molecule has 1 unspecified atom stereocenters. The largest absolute Gasteiger partial charge is 0.324 e. The van der Waals surface area contributed by atoms with E-state index in [-0.39, 0.29) is 17.8 Å². The second-order valence-corrected chi connectivity index (χ2v) is 5.23. The monoisotopic (exact) mass is 287 g/mol. The summed E-state index contributed by atoms with van der Waals surface area (Å²) in [7, 11) is 1.93. The highest BCUT2D eigenvalue weighted by Gasteiger charge is 2.22. The number of hydrogen-bond donors (Lipinski definition) is 2. The number of amides is 1. The molecule has 0 radical (unpaired) electrons. The van der Waals surface area contributed by atoms with Crippen LogP contribution in [0, 0.1) is 5.82 Å². The van der Waals surface area contributed by atoms with Crippen LogP contribution in [0.2, 0.25) is 0 Å². The molecule has 0 bridgehead atoms. The molecule has 0 spiro atoms. The van der Waals surface area contributed by atoms with Crippen LogP contribution >= 0.6 is 0 Å². The highest BCUT2D eigenvalue weighted by molar-refractivity contribution is 5.93. The number of quaternary nitrogens is 1. The summed E-state index contributed by atoms with van der Waals surface area (Å²) >= 11 is 0. The van der Waals surface area contributed by atoms with Gasteiger partial charge in [0.2, 0.25) is 0 Å². The molecule has 0 heterocycles. The second kappa shape index (κ2) is 6.99. The number of nitrogens with one attached hydrogen (secondary N) is 2. The normalized spacial score (nSPS) is 13.5. The van der Waals surface area contributed by atoms with Crippen LogP contribution in [-0.2, 0) is 11.3 Å². The number of para-hydroxylation sites is 1. The zero-order valence-corrected chi connectivity index (χ0v) is 12.3. The van der Waals surface area contributed by atoms with Crippen molar-refractivity contribution in [3.63, 3.8) is 0 Å². The Kier molecular flexibility index (Phi) is 5.06. The van der Waals surface area contributed by atoms with Gasteiger partial charge in [-0.1, -0.05) is 30.3 Å². The first-order valence-electron chi connectivity index (χ1n) is 6.99. The molecule has 21 heavy (non-hydrogen) atoms. The Morgan fingerprint density at radius 3 is 2.57 bits per heavy atom. The summed E-state index contributed by atoms with van der Waals surface area (Å²) in [6, 6.07) is 15.6. The van der Waals surface area contributed by atoms with Crippen molar-refractivity contribution < 1.29 is 14.1 Å². The predicted octanol–water partition coefficient (Wildman–Crippen LogP) is 1.87. The third-order valence-corrected chi connectivity index (χ3v) is 3.55. The first-order chi connectivity index (χ1) is 10.1. The molecule has 3 nitrogen and oxygen atoms in total. The molecule has 0 aromatic heterocycles. The average molecular weight is 287 g/mol. The first kappa shape index (κ1) is 15.2. The fourth-order valence-corrected chi connectivity index (χ4v) is 2.12. The van der Waals surface area contributed by atoms with Gasteiger partial charge in [-0.2, -0.15) is 0 Å². The van der Waals surface area contributed by atoms with Gasteiger partial charge in [-0.05, 0) is 31.2 Å². The number of rotatable bonds is 5. The van der Waals surface area contributed by atoms with E-state index in [1.54, 1.807) is 6.07 Å². The number of carbonyl (C=O) groups excluding carboxylic acids is 1. The first-order valence-corrected chi connectivity index (χ1v) is 6.99. The van der Waals surface area contributed by atoms with Gasteiger partial charge >= 0.3 is 0 Å². The summed E-state index contributed by atoms with van der Waals surface area (Å²) in [6.45, 7) is 2.47. The zero-order chi connectivity index (χ0) is 15.2. The summed E-state index contributed by atoms with van der Waals surface area (Å²) < 4.78 is 13.2. The topological polar surface area (TPSA) is 33.5 Å². The van der Waals surface area contributed by atoms with Crippen LogP contribution in [0.25, 0.3) is 0 Å². The molecule has 0 fully saturated rings. The molecule has 0 saturated heterocycles. The number of carbonyl (C=O) groups is 1. The van der Waals surface area contributed by atoms with E-state index >= 15 is 0 Å². The van der Waals surface area contributed by atoms with E-state index < -0.39 is 0 Å². The molecule has 0 aliphatic heterocycles. The molecule has 1 amide bonds. The third kappa shape index (κ3) is 4.39. The Hall–Kier alpha value is -2.20. The SMILES string of the molecule is C[C@@H](C(=O)Nc1ccccc1)[NH+](C)Cc1cccc(F)c1. The minimum absolute atomic E-state index is 0.0462. The van der Waals surface area contributed by atoms with Crippen molar-refractivity contribution in [2.75, 3.05) is 12.4 Å². The maximum Gasteiger partial charge on any atom is 0.282 e. The molecule has 4 heteroatoms. The summed E-state index contributed by atoms with van der Waals surface area (Å²) in [5.74, 6) is -0.295. The number of halogens is 1. The van der Waals surface area contributed by atoms with E-state index in [9.17, 15) is 9.18 Å². The number of benzene rings is 2. The molecular weight excluding hydrogens is 267 g/mol. The molecule has 0 saturated carbocycles. The molecule has 2 atom stereocenters. The van der Waals surface area contributed by atoms with Crippen molar-refractivity contribution in [2.24, 2.45) is 0 Å². The van der Waals surface area contributed by atoms with E-state index in [4.69, 9.17) is 0 Å². The van der Waals surface area contributed by atoms with Gasteiger partial charge in [0, 0.05) is 11.3 Å². The highest BCUT2D eigenvalue weighted by Crippen LogP contribution is 2.05. The van der Waals surface area contributed by atoms with Crippen LogP contribution in [0.1, 0.15) is 12.5 Å². The Labute approximate surface area is 124 Å². The Bertz CT molecular complexity index is 601. The number of likely N-dealkylation sites (N-methyl/N-ethyl adjacent to an activating group) is 1. The lowest BCUT2D eigenvalue weighted by molar-refractivity contribution is -0.907. The maximum absolute atomic E-state index is 13.2. The predicted molar refractivity (Wildman–Crippen MR) is 81.5 cm³/mol. The summed E-state index contributed by atoms with van der Waals surface area (Å²) in [5, 5.41) is 2.89. The van der Waals surface area contributed by atoms with E-state index in [2.05, 4.69) is 5.32 Å². The third-order valence-electron chi connectivity index (χ3n) is 3.55. The lowest BCUT2D eigenvalue weighted by Gasteiger charge is -2.21. The van der Waals surface area contributed by atoms with Crippen LogP contribution in [-0.4, -0.2) is 19.0 Å². The van der Waals surface area contributed by atoms with Gasteiger partial charge in [-0.3, -0.25) is 4.79 Å². The van der Waals surface area contributed by atoms with Gasteiger partial charge in [0.05, 0.1) is 7.05 Å². The van der Waals surface area contributed by atoms with E-state index in [0.717, 1.165) is 16.2 Å². The summed E-state index contributed by atoms with van der Waals surface area (Å²) in [5.41, 5.74) is 1.67. The van der Waals surface area contributed by atoms with Gasteiger partial charge in [-0.15, -0.1) is 0 Å². The molecule has 0 aliphatic rings. The minimum atomic E-state index is -0.248. The van der Waals surface area contributed by atoms with Crippen molar-refractivity contribution >= 4 is 11.6 Å². The van der Waals surface area contributed by atoms with Crippen molar-refractivity contribution in [3.05, 3.63) is 66.0 Å². The van der Waals surface area contributed by atoms with E-state index in [1.165, 1.54) is 12.1 Å². The van der Waals surface area contributed by atoms with E-state index in [0.29, 0.717) is 6.54 Å².